The van der Waals surface area contributed by atoms with Gasteiger partial charge in [-0.3, -0.25) is 4.79 Å². The summed E-state index contributed by atoms with van der Waals surface area (Å²) < 4.78 is 11.1. The highest BCUT2D eigenvalue weighted by Gasteiger charge is 2.24. The van der Waals surface area contributed by atoms with Crippen molar-refractivity contribution in [2.24, 2.45) is 0 Å². The zero-order valence-electron chi connectivity index (χ0n) is 14.5. The summed E-state index contributed by atoms with van der Waals surface area (Å²) in [5, 5.41) is 0.832. The molecular weight excluding hydrogens is 314 g/mol. The number of methoxy groups -OCH3 is 1. The van der Waals surface area contributed by atoms with E-state index < -0.39 is 0 Å². The van der Waals surface area contributed by atoms with Crippen molar-refractivity contribution in [3.63, 3.8) is 0 Å². The van der Waals surface area contributed by atoms with Crippen molar-refractivity contribution < 1.29 is 13.9 Å². The molecule has 1 aliphatic rings. The maximum atomic E-state index is 12.9. The van der Waals surface area contributed by atoms with E-state index in [0.717, 1.165) is 11.8 Å². The first kappa shape index (κ1) is 15.8. The van der Waals surface area contributed by atoms with Crippen molar-refractivity contribution in [3.8, 4) is 5.75 Å². The van der Waals surface area contributed by atoms with Crippen LogP contribution in [-0.4, -0.2) is 12.9 Å². The van der Waals surface area contributed by atoms with Crippen LogP contribution in [0.1, 0.15) is 52.9 Å². The summed E-state index contributed by atoms with van der Waals surface area (Å²) in [6.07, 6.45) is 3.43. The van der Waals surface area contributed by atoms with Crippen molar-refractivity contribution in [2.75, 3.05) is 12.8 Å². The fourth-order valence-corrected chi connectivity index (χ4v) is 3.72. The molecule has 0 amide bonds. The van der Waals surface area contributed by atoms with Crippen molar-refractivity contribution in [1.29, 1.82) is 0 Å². The molecule has 4 heteroatoms. The predicted molar refractivity (Wildman–Crippen MR) is 98.4 cm³/mol. The van der Waals surface area contributed by atoms with Crippen LogP contribution in [0.5, 0.6) is 5.75 Å². The molecule has 0 spiro atoms. The Bertz CT molecular complexity index is 971. The molecular formula is C21H21NO3. The molecule has 4 nitrogen and oxygen atoms in total. The first-order valence-corrected chi connectivity index (χ1v) is 8.62. The van der Waals surface area contributed by atoms with Gasteiger partial charge in [0.15, 0.2) is 5.76 Å². The summed E-state index contributed by atoms with van der Waals surface area (Å²) in [4.78, 5) is 12.9. The van der Waals surface area contributed by atoms with Crippen LogP contribution in [0.2, 0.25) is 0 Å². The van der Waals surface area contributed by atoms with E-state index in [9.17, 15) is 4.79 Å². The average Bonchev–Trinajstić information content (AvgIpc) is 2.96. The first-order chi connectivity index (χ1) is 12.1. The number of benzene rings is 2. The third-order valence-corrected chi connectivity index (χ3v) is 5.14. The molecule has 0 aliphatic heterocycles. The van der Waals surface area contributed by atoms with Gasteiger partial charge in [-0.1, -0.05) is 19.1 Å². The quantitative estimate of drug-likeness (QED) is 0.705. The van der Waals surface area contributed by atoms with E-state index in [-0.39, 0.29) is 11.5 Å². The highest BCUT2D eigenvalue weighted by atomic mass is 16.5. The van der Waals surface area contributed by atoms with Gasteiger partial charge in [-0.2, -0.15) is 0 Å². The van der Waals surface area contributed by atoms with Crippen LogP contribution in [0.3, 0.4) is 0 Å². The van der Waals surface area contributed by atoms with Gasteiger partial charge < -0.3 is 14.9 Å². The lowest BCUT2D eigenvalue weighted by atomic mass is 9.83. The molecule has 3 aromatic rings. The average molecular weight is 335 g/mol. The first-order valence-electron chi connectivity index (χ1n) is 8.62. The summed E-state index contributed by atoms with van der Waals surface area (Å²) in [5.41, 5.74) is 10.5. The monoisotopic (exact) mass is 335 g/mol. The van der Waals surface area contributed by atoms with Gasteiger partial charge in [0.2, 0.25) is 5.78 Å². The lowest BCUT2D eigenvalue weighted by Crippen LogP contribution is -2.06. The van der Waals surface area contributed by atoms with Gasteiger partial charge in [0.05, 0.1) is 12.8 Å². The Morgan fingerprint density at radius 2 is 2.12 bits per heavy atom. The van der Waals surface area contributed by atoms with Crippen LogP contribution in [0.15, 0.2) is 40.8 Å². The van der Waals surface area contributed by atoms with Crippen LogP contribution in [0.4, 0.5) is 5.69 Å². The van der Waals surface area contributed by atoms with Gasteiger partial charge in [-0.25, -0.2) is 0 Å². The number of fused-ring (bicyclic) bond motifs is 2. The van der Waals surface area contributed by atoms with Crippen molar-refractivity contribution in [2.45, 2.75) is 32.1 Å². The molecule has 0 radical (unpaired) electrons. The third kappa shape index (κ3) is 2.58. The van der Waals surface area contributed by atoms with Crippen LogP contribution in [0.25, 0.3) is 11.0 Å². The number of ketones is 1. The Hall–Kier alpha value is -2.75. The largest absolute Gasteiger partial charge is 0.497 e. The van der Waals surface area contributed by atoms with Crippen LogP contribution in [0, 0.1) is 0 Å². The van der Waals surface area contributed by atoms with E-state index in [2.05, 4.69) is 19.1 Å². The zero-order chi connectivity index (χ0) is 17.6. The fraction of sp³-hybridized carbons (Fsp3) is 0.286. The summed E-state index contributed by atoms with van der Waals surface area (Å²) in [6.45, 7) is 2.23. The number of ether oxygens (including phenoxy) is 1. The molecule has 2 N–H and O–H groups in total. The Morgan fingerprint density at radius 1 is 1.28 bits per heavy atom. The summed E-state index contributed by atoms with van der Waals surface area (Å²) in [6, 6.07) is 11.2. The highest BCUT2D eigenvalue weighted by Crippen LogP contribution is 2.38. The van der Waals surface area contributed by atoms with Crippen LogP contribution < -0.4 is 10.5 Å². The number of nitrogens with two attached hydrogens (primary N) is 1. The fourth-order valence-electron chi connectivity index (χ4n) is 3.72. The summed E-state index contributed by atoms with van der Waals surface area (Å²) >= 11 is 0. The Kier molecular flexibility index (Phi) is 3.75. The molecule has 1 atom stereocenters. The van der Waals surface area contributed by atoms with Gasteiger partial charge in [0.1, 0.15) is 11.3 Å². The maximum Gasteiger partial charge on any atom is 0.230 e. The molecule has 4 rings (SSSR count). The van der Waals surface area contributed by atoms with E-state index in [0.29, 0.717) is 28.5 Å². The summed E-state index contributed by atoms with van der Waals surface area (Å²) in [5.74, 6) is 1.12. The Balaban J connectivity index is 1.82. The van der Waals surface area contributed by atoms with Crippen LogP contribution in [-0.2, 0) is 6.42 Å². The summed E-state index contributed by atoms with van der Waals surface area (Å²) in [7, 11) is 1.57. The second-order valence-electron chi connectivity index (χ2n) is 6.75. The van der Waals surface area contributed by atoms with Crippen LogP contribution >= 0.6 is 0 Å². The molecule has 0 fully saturated rings. The number of hydrogen-bond donors (Lipinski definition) is 1. The van der Waals surface area contributed by atoms with Gasteiger partial charge in [-0.05, 0) is 60.6 Å². The Morgan fingerprint density at radius 3 is 2.92 bits per heavy atom. The topological polar surface area (TPSA) is 65.5 Å². The number of nitrogen functional groups attached to an aromatic ring is 1. The minimum absolute atomic E-state index is 0.207. The number of furan rings is 1. The molecule has 1 unspecified atom stereocenters. The third-order valence-electron chi connectivity index (χ3n) is 5.14. The van der Waals surface area contributed by atoms with E-state index in [1.807, 2.05) is 0 Å². The molecule has 0 saturated heterocycles. The standard InChI is InChI=1S/C21H21NO3/c1-12-5-3-6-13-10-17-18(11-16(12)13)25-21(19(17)22)20(23)14-7-4-8-15(9-14)24-2/h4,7-12H,3,5-6,22H2,1-2H3. The van der Waals surface area contributed by atoms with Gasteiger partial charge in [-0.15, -0.1) is 0 Å². The number of anilines is 1. The van der Waals surface area contributed by atoms with Crippen molar-refractivity contribution >= 4 is 22.4 Å². The van der Waals surface area contributed by atoms with Gasteiger partial charge in [0.25, 0.3) is 0 Å². The lowest BCUT2D eigenvalue weighted by molar-refractivity contribution is 0.101. The molecule has 2 aromatic carbocycles. The van der Waals surface area contributed by atoms with Crippen molar-refractivity contribution in [1.82, 2.24) is 0 Å². The molecule has 1 aliphatic carbocycles. The smallest absolute Gasteiger partial charge is 0.230 e. The molecule has 1 aromatic heterocycles. The van der Waals surface area contributed by atoms with E-state index in [1.165, 1.54) is 24.0 Å². The van der Waals surface area contributed by atoms with E-state index >= 15 is 0 Å². The number of carbonyl (C=O) groups is 1. The number of rotatable bonds is 3. The number of carbonyl (C=O) groups excluding carboxylic acids is 1. The second kappa shape index (κ2) is 5.96. The van der Waals surface area contributed by atoms with E-state index in [1.54, 1.807) is 31.4 Å². The van der Waals surface area contributed by atoms with Crippen molar-refractivity contribution in [3.05, 3.63) is 58.8 Å². The minimum Gasteiger partial charge on any atom is -0.497 e. The lowest BCUT2D eigenvalue weighted by Gasteiger charge is -2.21. The minimum atomic E-state index is -0.223. The number of aryl methyl sites for hydroxylation is 1. The molecule has 1 heterocycles. The molecule has 128 valence electrons. The Labute approximate surface area is 146 Å². The zero-order valence-corrected chi connectivity index (χ0v) is 14.5. The molecule has 0 saturated carbocycles. The van der Waals surface area contributed by atoms with Gasteiger partial charge in [0, 0.05) is 10.9 Å². The normalized spacial score (nSPS) is 16.6. The molecule has 25 heavy (non-hydrogen) atoms. The van der Waals surface area contributed by atoms with Gasteiger partial charge >= 0.3 is 0 Å². The molecule has 0 bridgehead atoms. The SMILES string of the molecule is COc1cccc(C(=O)c2oc3cc4c(cc3c2N)CCCC4C)c1. The highest BCUT2D eigenvalue weighted by molar-refractivity contribution is 6.14. The second-order valence-corrected chi connectivity index (χ2v) is 6.75. The predicted octanol–water partition coefficient (Wildman–Crippen LogP) is 4.69. The number of hydrogen-bond acceptors (Lipinski definition) is 4. The van der Waals surface area contributed by atoms with E-state index in [4.69, 9.17) is 14.9 Å². The maximum absolute atomic E-state index is 12.9.